The van der Waals surface area contributed by atoms with Gasteiger partial charge >= 0.3 is 0 Å². The number of benzene rings is 1. The van der Waals surface area contributed by atoms with Crippen molar-refractivity contribution in [3.63, 3.8) is 0 Å². The molecular formula is C15H17Br2N3. The van der Waals surface area contributed by atoms with Gasteiger partial charge in [-0.15, -0.1) is 0 Å². The maximum Gasteiger partial charge on any atom is 0.135 e. The number of aryl methyl sites for hydroxylation is 3. The first-order valence-electron chi connectivity index (χ1n) is 6.57. The summed E-state index contributed by atoms with van der Waals surface area (Å²) in [5.74, 6) is 1.67. The van der Waals surface area contributed by atoms with Gasteiger partial charge < -0.3 is 5.32 Å². The van der Waals surface area contributed by atoms with Crippen molar-refractivity contribution in [2.24, 2.45) is 0 Å². The van der Waals surface area contributed by atoms with Gasteiger partial charge in [-0.05, 0) is 59.5 Å². The SMILES string of the molecule is CCCc1nc(Br)cc(Nc2cc(C)c(Br)c(C)c2)n1. The average molecular weight is 399 g/mol. The van der Waals surface area contributed by atoms with Crippen LogP contribution in [-0.4, -0.2) is 9.97 Å². The fourth-order valence-corrected chi connectivity index (χ4v) is 2.68. The van der Waals surface area contributed by atoms with Crippen LogP contribution in [0, 0.1) is 13.8 Å². The second-order valence-corrected chi connectivity index (χ2v) is 6.40. The van der Waals surface area contributed by atoms with Crippen LogP contribution < -0.4 is 5.32 Å². The number of hydrogen-bond donors (Lipinski definition) is 1. The Hall–Kier alpha value is -0.940. The molecule has 0 aliphatic heterocycles. The molecule has 0 bridgehead atoms. The van der Waals surface area contributed by atoms with E-state index in [0.717, 1.165) is 39.2 Å². The monoisotopic (exact) mass is 397 g/mol. The van der Waals surface area contributed by atoms with Crippen molar-refractivity contribution in [1.82, 2.24) is 9.97 Å². The smallest absolute Gasteiger partial charge is 0.135 e. The molecule has 1 N–H and O–H groups in total. The number of halogens is 2. The molecule has 0 unspecified atom stereocenters. The van der Waals surface area contributed by atoms with E-state index in [2.05, 4.69) is 80.0 Å². The molecule has 0 aliphatic rings. The largest absolute Gasteiger partial charge is 0.340 e. The zero-order chi connectivity index (χ0) is 14.7. The van der Waals surface area contributed by atoms with Crippen molar-refractivity contribution in [2.45, 2.75) is 33.6 Å². The molecule has 0 fully saturated rings. The first-order valence-corrected chi connectivity index (χ1v) is 8.15. The van der Waals surface area contributed by atoms with Crippen LogP contribution in [0.5, 0.6) is 0 Å². The molecule has 1 heterocycles. The summed E-state index contributed by atoms with van der Waals surface area (Å²) in [6.45, 7) is 6.29. The molecule has 3 nitrogen and oxygen atoms in total. The first-order chi connectivity index (χ1) is 9.49. The molecule has 0 radical (unpaired) electrons. The normalized spacial score (nSPS) is 10.7. The van der Waals surface area contributed by atoms with E-state index in [1.807, 2.05) is 6.07 Å². The van der Waals surface area contributed by atoms with Crippen molar-refractivity contribution in [3.8, 4) is 0 Å². The fourth-order valence-electron chi connectivity index (χ4n) is 2.03. The van der Waals surface area contributed by atoms with Crippen LogP contribution in [0.25, 0.3) is 0 Å². The molecule has 2 rings (SSSR count). The third-order valence-corrected chi connectivity index (χ3v) is 4.58. The number of nitrogens with zero attached hydrogens (tertiary/aromatic N) is 2. The van der Waals surface area contributed by atoms with Crippen molar-refractivity contribution in [1.29, 1.82) is 0 Å². The number of anilines is 2. The van der Waals surface area contributed by atoms with Crippen molar-refractivity contribution in [2.75, 3.05) is 5.32 Å². The molecular weight excluding hydrogens is 382 g/mol. The molecule has 0 spiro atoms. The van der Waals surface area contributed by atoms with E-state index < -0.39 is 0 Å². The van der Waals surface area contributed by atoms with E-state index in [0.29, 0.717) is 0 Å². The molecule has 106 valence electrons. The standard InChI is InChI=1S/C15H17Br2N3/c1-4-5-13-19-12(16)8-14(20-13)18-11-6-9(2)15(17)10(3)7-11/h6-8H,4-5H2,1-3H3,(H,18,19,20). The van der Waals surface area contributed by atoms with Crippen molar-refractivity contribution < 1.29 is 0 Å². The number of nitrogens with one attached hydrogen (secondary N) is 1. The highest BCUT2D eigenvalue weighted by molar-refractivity contribution is 9.10. The molecule has 0 atom stereocenters. The molecule has 0 saturated heterocycles. The Morgan fingerprint density at radius 2 is 1.70 bits per heavy atom. The Morgan fingerprint density at radius 1 is 1.05 bits per heavy atom. The molecule has 1 aromatic carbocycles. The maximum atomic E-state index is 4.54. The van der Waals surface area contributed by atoms with E-state index in [9.17, 15) is 0 Å². The lowest BCUT2D eigenvalue weighted by Crippen LogP contribution is -2.01. The molecule has 2 aromatic rings. The lowest BCUT2D eigenvalue weighted by molar-refractivity contribution is 0.831. The van der Waals surface area contributed by atoms with Gasteiger partial charge in [0.05, 0.1) is 0 Å². The minimum atomic E-state index is 0.809. The molecule has 1 aromatic heterocycles. The van der Waals surface area contributed by atoms with Gasteiger partial charge in [0, 0.05) is 22.6 Å². The maximum absolute atomic E-state index is 4.54. The number of hydrogen-bond acceptors (Lipinski definition) is 3. The Balaban J connectivity index is 2.30. The molecule has 0 aliphatic carbocycles. The highest BCUT2D eigenvalue weighted by atomic mass is 79.9. The summed E-state index contributed by atoms with van der Waals surface area (Å²) in [7, 11) is 0. The quantitative estimate of drug-likeness (QED) is 0.708. The summed E-state index contributed by atoms with van der Waals surface area (Å²) in [6, 6.07) is 6.10. The topological polar surface area (TPSA) is 37.8 Å². The highest BCUT2D eigenvalue weighted by Gasteiger charge is 2.06. The van der Waals surface area contributed by atoms with E-state index in [1.165, 1.54) is 11.1 Å². The van der Waals surface area contributed by atoms with Crippen LogP contribution >= 0.6 is 31.9 Å². The Morgan fingerprint density at radius 3 is 2.30 bits per heavy atom. The van der Waals surface area contributed by atoms with Gasteiger partial charge in [0.2, 0.25) is 0 Å². The summed E-state index contributed by atoms with van der Waals surface area (Å²) in [5.41, 5.74) is 3.44. The third kappa shape index (κ3) is 3.79. The minimum Gasteiger partial charge on any atom is -0.340 e. The van der Waals surface area contributed by atoms with Crippen LogP contribution in [-0.2, 0) is 6.42 Å². The lowest BCUT2D eigenvalue weighted by atomic mass is 10.1. The molecule has 5 heteroatoms. The summed E-state index contributed by atoms with van der Waals surface area (Å²) in [4.78, 5) is 8.91. The van der Waals surface area contributed by atoms with Crippen LogP contribution in [0.4, 0.5) is 11.5 Å². The van der Waals surface area contributed by atoms with E-state index >= 15 is 0 Å². The van der Waals surface area contributed by atoms with Crippen LogP contribution in [0.15, 0.2) is 27.3 Å². The van der Waals surface area contributed by atoms with Crippen LogP contribution in [0.3, 0.4) is 0 Å². The molecule has 0 saturated carbocycles. The number of aromatic nitrogens is 2. The van der Waals surface area contributed by atoms with Gasteiger partial charge in [-0.3, -0.25) is 0 Å². The van der Waals surface area contributed by atoms with Gasteiger partial charge in [0.15, 0.2) is 0 Å². The van der Waals surface area contributed by atoms with Gasteiger partial charge in [0.1, 0.15) is 16.2 Å². The second-order valence-electron chi connectivity index (χ2n) is 4.79. The van der Waals surface area contributed by atoms with Crippen LogP contribution in [0.2, 0.25) is 0 Å². The van der Waals surface area contributed by atoms with Crippen LogP contribution in [0.1, 0.15) is 30.3 Å². The van der Waals surface area contributed by atoms with Gasteiger partial charge in [0.25, 0.3) is 0 Å². The van der Waals surface area contributed by atoms with Gasteiger partial charge in [-0.25, -0.2) is 9.97 Å². The Kier molecular flexibility index (Phi) is 5.16. The minimum absolute atomic E-state index is 0.809. The fraction of sp³-hybridized carbons (Fsp3) is 0.333. The highest BCUT2D eigenvalue weighted by Crippen LogP contribution is 2.27. The van der Waals surface area contributed by atoms with E-state index in [4.69, 9.17) is 0 Å². The van der Waals surface area contributed by atoms with Crippen molar-refractivity contribution in [3.05, 3.63) is 44.2 Å². The summed E-state index contributed by atoms with van der Waals surface area (Å²) < 4.78 is 1.96. The second kappa shape index (κ2) is 6.68. The molecule has 20 heavy (non-hydrogen) atoms. The predicted octanol–water partition coefficient (Wildman–Crippen LogP) is 5.31. The average Bonchev–Trinajstić information content (AvgIpc) is 2.35. The van der Waals surface area contributed by atoms with E-state index in [1.54, 1.807) is 0 Å². The predicted molar refractivity (Wildman–Crippen MR) is 90.6 cm³/mol. The zero-order valence-electron chi connectivity index (χ0n) is 11.8. The Labute approximate surface area is 136 Å². The summed E-state index contributed by atoms with van der Waals surface area (Å²) in [6.07, 6.45) is 1.92. The number of rotatable bonds is 4. The zero-order valence-corrected chi connectivity index (χ0v) is 15.0. The summed E-state index contributed by atoms with van der Waals surface area (Å²) >= 11 is 7.02. The van der Waals surface area contributed by atoms with Gasteiger partial charge in [-0.1, -0.05) is 22.9 Å². The first kappa shape index (κ1) is 15.4. The lowest BCUT2D eigenvalue weighted by Gasteiger charge is -2.11. The molecule has 0 amide bonds. The van der Waals surface area contributed by atoms with Crippen molar-refractivity contribution >= 4 is 43.4 Å². The third-order valence-electron chi connectivity index (χ3n) is 2.92. The van der Waals surface area contributed by atoms with Gasteiger partial charge in [-0.2, -0.15) is 0 Å². The summed E-state index contributed by atoms with van der Waals surface area (Å²) in [5, 5.41) is 3.35. The Bertz CT molecular complexity index is 604. The van der Waals surface area contributed by atoms with E-state index in [-0.39, 0.29) is 0 Å².